The van der Waals surface area contributed by atoms with Crippen molar-refractivity contribution >= 4 is 23.4 Å². The van der Waals surface area contributed by atoms with Gasteiger partial charge in [0.25, 0.3) is 0 Å². The molecule has 0 unspecified atom stereocenters. The van der Waals surface area contributed by atoms with Crippen LogP contribution in [0.3, 0.4) is 0 Å². The van der Waals surface area contributed by atoms with Crippen molar-refractivity contribution in [1.82, 2.24) is 16.0 Å². The average Bonchev–Trinajstić information content (AvgIpc) is 2.65. The summed E-state index contributed by atoms with van der Waals surface area (Å²) >= 11 is 0. The summed E-state index contributed by atoms with van der Waals surface area (Å²) in [6.45, 7) is 2.75. The molecule has 0 spiro atoms. The van der Waals surface area contributed by atoms with Crippen molar-refractivity contribution in [1.29, 1.82) is 0 Å². The Bertz CT molecular complexity index is 642. The normalized spacial score (nSPS) is 14.5. The summed E-state index contributed by atoms with van der Waals surface area (Å²) in [5, 5.41) is 7.81. The van der Waals surface area contributed by atoms with Crippen molar-refractivity contribution in [3.8, 4) is 5.75 Å². The smallest absolute Gasteiger partial charge is 0.239 e. The Balaban J connectivity index is 1.72. The first kappa shape index (κ1) is 19.6. The number of anilines is 1. The molecule has 1 aliphatic heterocycles. The zero-order valence-corrected chi connectivity index (χ0v) is 15.2. The Kier molecular flexibility index (Phi) is 7.25. The monoisotopic (exact) mass is 362 g/mol. The highest BCUT2D eigenvalue weighted by molar-refractivity contribution is 5.87. The van der Waals surface area contributed by atoms with Crippen molar-refractivity contribution in [3.63, 3.8) is 0 Å². The number of nitrogens with one attached hydrogen (secondary N) is 3. The molecule has 0 aliphatic carbocycles. The molecule has 0 atom stereocenters. The van der Waals surface area contributed by atoms with E-state index in [1.807, 2.05) is 24.3 Å². The Hall–Kier alpha value is -2.77. The van der Waals surface area contributed by atoms with Gasteiger partial charge in [0.15, 0.2) is 0 Å². The molecule has 26 heavy (non-hydrogen) atoms. The Morgan fingerprint density at radius 3 is 2.38 bits per heavy atom. The van der Waals surface area contributed by atoms with Crippen LogP contribution in [-0.4, -0.2) is 57.1 Å². The van der Waals surface area contributed by atoms with Gasteiger partial charge in [-0.05, 0) is 25.0 Å². The van der Waals surface area contributed by atoms with Crippen LogP contribution >= 0.6 is 0 Å². The lowest BCUT2D eigenvalue weighted by Gasteiger charge is -2.34. The molecular formula is C18H26N4O4. The fraction of sp³-hybridized carbons (Fsp3) is 0.500. The minimum Gasteiger partial charge on any atom is -0.495 e. The summed E-state index contributed by atoms with van der Waals surface area (Å²) in [7, 11) is 1.66. The Labute approximate surface area is 153 Å². The van der Waals surface area contributed by atoms with Crippen molar-refractivity contribution in [3.05, 3.63) is 24.3 Å². The Morgan fingerprint density at radius 1 is 1.08 bits per heavy atom. The zero-order chi connectivity index (χ0) is 18.9. The number of para-hydroxylation sites is 2. The highest BCUT2D eigenvalue weighted by atomic mass is 16.5. The molecule has 0 bridgehead atoms. The molecule has 3 N–H and O–H groups in total. The molecular weight excluding hydrogens is 336 g/mol. The standard InChI is InChI=1S/C18H26N4O4/c1-13(23)19-11-17(24)20-12-18(25)21-14-7-9-22(10-8-14)15-5-3-4-6-16(15)26-2/h3-6,14H,7-12H2,1-2H3,(H,19,23)(H,20,24)(H,21,25). The number of methoxy groups -OCH3 is 1. The number of ether oxygens (including phenoxy) is 1. The SMILES string of the molecule is COc1ccccc1N1CCC(NC(=O)CNC(=O)CNC(C)=O)CC1. The van der Waals surface area contributed by atoms with Crippen LogP contribution in [0, 0.1) is 0 Å². The summed E-state index contributed by atoms with van der Waals surface area (Å²) in [4.78, 5) is 36.4. The number of amides is 3. The van der Waals surface area contributed by atoms with Crippen molar-refractivity contribution < 1.29 is 19.1 Å². The van der Waals surface area contributed by atoms with E-state index in [1.54, 1.807) is 7.11 Å². The second kappa shape index (κ2) is 9.65. The third kappa shape index (κ3) is 5.94. The van der Waals surface area contributed by atoms with E-state index in [0.717, 1.165) is 37.4 Å². The fourth-order valence-electron chi connectivity index (χ4n) is 2.88. The average molecular weight is 362 g/mol. The van der Waals surface area contributed by atoms with Gasteiger partial charge in [-0.25, -0.2) is 0 Å². The van der Waals surface area contributed by atoms with Crippen LogP contribution in [0.5, 0.6) is 5.75 Å². The quantitative estimate of drug-likeness (QED) is 0.636. The molecule has 2 rings (SSSR count). The molecule has 1 fully saturated rings. The number of carbonyl (C=O) groups excluding carboxylic acids is 3. The summed E-state index contributed by atoms with van der Waals surface area (Å²) in [6.07, 6.45) is 1.65. The van der Waals surface area contributed by atoms with Crippen LogP contribution in [0.4, 0.5) is 5.69 Å². The summed E-state index contributed by atoms with van der Waals surface area (Å²) in [5.74, 6) is -0.0541. The largest absolute Gasteiger partial charge is 0.495 e. The predicted molar refractivity (Wildman–Crippen MR) is 98.1 cm³/mol. The lowest BCUT2D eigenvalue weighted by Crippen LogP contribution is -2.48. The van der Waals surface area contributed by atoms with Gasteiger partial charge in [-0.2, -0.15) is 0 Å². The highest BCUT2D eigenvalue weighted by Crippen LogP contribution is 2.29. The number of nitrogens with zero attached hydrogens (tertiary/aromatic N) is 1. The molecule has 0 aromatic heterocycles. The molecule has 142 valence electrons. The van der Waals surface area contributed by atoms with Crippen molar-refractivity contribution in [2.45, 2.75) is 25.8 Å². The third-order valence-electron chi connectivity index (χ3n) is 4.23. The number of piperidine rings is 1. The first-order chi connectivity index (χ1) is 12.5. The van der Waals surface area contributed by atoms with E-state index in [0.29, 0.717) is 0 Å². The summed E-state index contributed by atoms with van der Waals surface area (Å²) < 4.78 is 5.40. The first-order valence-corrected chi connectivity index (χ1v) is 8.68. The van der Waals surface area contributed by atoms with Gasteiger partial charge in [0.05, 0.1) is 25.9 Å². The minimum absolute atomic E-state index is 0.0840. The topological polar surface area (TPSA) is 99.8 Å². The Morgan fingerprint density at radius 2 is 1.73 bits per heavy atom. The van der Waals surface area contributed by atoms with Gasteiger partial charge in [0.2, 0.25) is 17.7 Å². The van der Waals surface area contributed by atoms with Crippen molar-refractivity contribution in [2.75, 3.05) is 38.2 Å². The molecule has 1 aromatic rings. The summed E-state index contributed by atoms with van der Waals surface area (Å²) in [5.41, 5.74) is 1.06. The maximum absolute atomic E-state index is 12.0. The number of hydrogen-bond donors (Lipinski definition) is 3. The molecule has 0 saturated carbocycles. The van der Waals surface area contributed by atoms with Crippen LogP contribution < -0.4 is 25.6 Å². The molecule has 8 nitrogen and oxygen atoms in total. The lowest BCUT2D eigenvalue weighted by atomic mass is 10.0. The van der Waals surface area contributed by atoms with Crippen LogP contribution in [-0.2, 0) is 14.4 Å². The maximum Gasteiger partial charge on any atom is 0.239 e. The van der Waals surface area contributed by atoms with Gasteiger partial charge in [-0.15, -0.1) is 0 Å². The van der Waals surface area contributed by atoms with E-state index >= 15 is 0 Å². The van der Waals surface area contributed by atoms with Crippen LogP contribution in [0.2, 0.25) is 0 Å². The molecule has 1 aromatic carbocycles. The first-order valence-electron chi connectivity index (χ1n) is 8.68. The molecule has 0 radical (unpaired) electrons. The van der Waals surface area contributed by atoms with Crippen LogP contribution in [0.15, 0.2) is 24.3 Å². The van der Waals surface area contributed by atoms with E-state index in [1.165, 1.54) is 6.92 Å². The number of carbonyl (C=O) groups is 3. The van der Waals surface area contributed by atoms with Crippen molar-refractivity contribution in [2.24, 2.45) is 0 Å². The van der Waals surface area contributed by atoms with Gasteiger partial charge in [-0.3, -0.25) is 14.4 Å². The lowest BCUT2D eigenvalue weighted by molar-refractivity contribution is -0.127. The second-order valence-corrected chi connectivity index (χ2v) is 6.19. The summed E-state index contributed by atoms with van der Waals surface area (Å²) in [6, 6.07) is 7.97. The highest BCUT2D eigenvalue weighted by Gasteiger charge is 2.22. The van der Waals surface area contributed by atoms with E-state index in [2.05, 4.69) is 20.9 Å². The van der Waals surface area contributed by atoms with Crippen LogP contribution in [0.1, 0.15) is 19.8 Å². The van der Waals surface area contributed by atoms with Gasteiger partial charge in [-0.1, -0.05) is 12.1 Å². The number of benzene rings is 1. The van der Waals surface area contributed by atoms with E-state index in [4.69, 9.17) is 4.74 Å². The van der Waals surface area contributed by atoms with Gasteiger partial charge in [0.1, 0.15) is 5.75 Å². The van der Waals surface area contributed by atoms with Gasteiger partial charge >= 0.3 is 0 Å². The van der Waals surface area contributed by atoms with E-state index in [-0.39, 0.29) is 36.9 Å². The minimum atomic E-state index is -0.388. The van der Waals surface area contributed by atoms with E-state index in [9.17, 15) is 14.4 Å². The maximum atomic E-state index is 12.0. The van der Waals surface area contributed by atoms with Crippen LogP contribution in [0.25, 0.3) is 0 Å². The molecule has 8 heteroatoms. The zero-order valence-electron chi connectivity index (χ0n) is 15.2. The van der Waals surface area contributed by atoms with Gasteiger partial charge in [0, 0.05) is 26.1 Å². The molecule has 1 aliphatic rings. The third-order valence-corrected chi connectivity index (χ3v) is 4.23. The predicted octanol–water partition coefficient (Wildman–Crippen LogP) is 0.0325. The molecule has 1 heterocycles. The van der Waals surface area contributed by atoms with Gasteiger partial charge < -0.3 is 25.6 Å². The number of rotatable bonds is 7. The number of hydrogen-bond acceptors (Lipinski definition) is 5. The molecule has 1 saturated heterocycles. The fourth-order valence-corrected chi connectivity index (χ4v) is 2.88. The molecule has 3 amide bonds. The second-order valence-electron chi connectivity index (χ2n) is 6.19. The van der Waals surface area contributed by atoms with E-state index < -0.39 is 0 Å².